The molecule has 1 aliphatic rings. The van der Waals surface area contributed by atoms with Gasteiger partial charge in [-0.2, -0.15) is 0 Å². The summed E-state index contributed by atoms with van der Waals surface area (Å²) in [5, 5.41) is 7.93. The van der Waals surface area contributed by atoms with E-state index >= 15 is 0 Å². The van der Waals surface area contributed by atoms with E-state index < -0.39 is 0 Å². The molecule has 0 aliphatic heterocycles. The van der Waals surface area contributed by atoms with Crippen LogP contribution in [0.2, 0.25) is 0 Å². The molecule has 0 amide bonds. The van der Waals surface area contributed by atoms with Crippen molar-refractivity contribution in [1.82, 2.24) is 5.32 Å². The van der Waals surface area contributed by atoms with E-state index in [0.29, 0.717) is 17.9 Å². The van der Waals surface area contributed by atoms with Gasteiger partial charge in [-0.25, -0.2) is 0 Å². The summed E-state index contributed by atoms with van der Waals surface area (Å²) >= 11 is 5.67. The normalized spacial score (nSPS) is 20.6. The lowest BCUT2D eigenvalue weighted by Crippen LogP contribution is -2.43. The van der Waals surface area contributed by atoms with Gasteiger partial charge in [0.1, 0.15) is 0 Å². The molecule has 25 heavy (non-hydrogen) atoms. The van der Waals surface area contributed by atoms with Crippen molar-refractivity contribution < 1.29 is 0 Å². The van der Waals surface area contributed by atoms with Gasteiger partial charge >= 0.3 is 0 Å². The minimum Gasteiger partial charge on any atom is -0.359 e. The molecule has 2 unspecified atom stereocenters. The van der Waals surface area contributed by atoms with Gasteiger partial charge in [-0.15, -0.1) is 0 Å². The molecule has 0 heterocycles. The highest BCUT2D eigenvalue weighted by Gasteiger charge is 2.22. The van der Waals surface area contributed by atoms with Crippen molar-refractivity contribution in [3.8, 4) is 0 Å². The molecule has 2 N–H and O–H groups in total. The van der Waals surface area contributed by atoms with Crippen LogP contribution in [0.4, 0.5) is 5.69 Å². The molecule has 1 saturated carbocycles. The van der Waals surface area contributed by atoms with Gasteiger partial charge in [-0.05, 0) is 72.8 Å². The van der Waals surface area contributed by atoms with Crippen LogP contribution in [0.5, 0.6) is 0 Å². The lowest BCUT2D eigenvalue weighted by molar-refractivity contribution is 0.309. The van der Waals surface area contributed by atoms with Crippen LogP contribution in [0.25, 0.3) is 0 Å². The lowest BCUT2D eigenvalue weighted by Gasteiger charge is -2.31. The van der Waals surface area contributed by atoms with E-state index in [4.69, 9.17) is 12.2 Å². The second-order valence-corrected chi connectivity index (χ2v) is 8.47. The summed E-state index contributed by atoms with van der Waals surface area (Å²) in [6.07, 6.45) is 8.42. The fourth-order valence-electron chi connectivity index (χ4n) is 4.00. The van der Waals surface area contributed by atoms with Gasteiger partial charge in [-0.3, -0.25) is 0 Å². The van der Waals surface area contributed by atoms with Gasteiger partial charge in [0.15, 0.2) is 5.11 Å². The smallest absolute Gasteiger partial charge is 0.171 e. The maximum Gasteiger partial charge on any atom is 0.171 e. The van der Waals surface area contributed by atoms with Crippen molar-refractivity contribution in [2.45, 2.75) is 85.6 Å². The van der Waals surface area contributed by atoms with E-state index in [1.165, 1.54) is 48.1 Å². The molecular formula is C22H36N2S. The summed E-state index contributed by atoms with van der Waals surface area (Å²) in [7, 11) is 0. The highest BCUT2D eigenvalue weighted by molar-refractivity contribution is 7.80. The van der Waals surface area contributed by atoms with Crippen molar-refractivity contribution in [1.29, 1.82) is 0 Å². The average molecular weight is 361 g/mol. The maximum absolute atomic E-state index is 5.67. The Morgan fingerprint density at radius 2 is 1.72 bits per heavy atom. The number of rotatable bonds is 6. The van der Waals surface area contributed by atoms with Crippen LogP contribution in [-0.2, 0) is 19.3 Å². The number of aryl methyl sites for hydroxylation is 2. The molecule has 0 spiro atoms. The fourth-order valence-corrected chi connectivity index (χ4v) is 4.25. The third-order valence-corrected chi connectivity index (χ3v) is 5.65. The Balaban J connectivity index is 2.15. The van der Waals surface area contributed by atoms with E-state index in [9.17, 15) is 0 Å². The third-order valence-electron chi connectivity index (χ3n) is 5.43. The van der Waals surface area contributed by atoms with Crippen LogP contribution in [0.3, 0.4) is 0 Å². The zero-order valence-corrected chi connectivity index (χ0v) is 17.6. The predicted octanol–water partition coefficient (Wildman–Crippen LogP) is 5.88. The molecule has 2 atom stereocenters. The molecule has 1 fully saturated rings. The van der Waals surface area contributed by atoms with E-state index in [-0.39, 0.29) is 0 Å². The Hall–Kier alpha value is -1.09. The Labute approximate surface area is 160 Å². The average Bonchev–Trinajstić information content (AvgIpc) is 2.57. The van der Waals surface area contributed by atoms with E-state index in [1.54, 1.807) is 0 Å². The standard InChI is InChI=1S/C22H36N2S/c1-6-18-13-17(12-15(3)4)14-19(7-2)21(18)24-22(25)23-20-11-9-8-10-16(20)5/h13-16,20H,6-12H2,1-5H3,(H2,23,24,25). The Morgan fingerprint density at radius 1 is 1.12 bits per heavy atom. The summed E-state index contributed by atoms with van der Waals surface area (Å²) < 4.78 is 0. The van der Waals surface area contributed by atoms with Crippen molar-refractivity contribution in [3.05, 3.63) is 28.8 Å². The summed E-state index contributed by atoms with van der Waals surface area (Å²) in [6, 6.07) is 5.25. The number of thiocarbonyl (C=S) groups is 1. The molecule has 0 radical (unpaired) electrons. The molecule has 0 aromatic heterocycles. The number of anilines is 1. The fraction of sp³-hybridized carbons (Fsp3) is 0.682. The lowest BCUT2D eigenvalue weighted by atomic mass is 9.86. The first-order valence-electron chi connectivity index (χ1n) is 10.2. The zero-order valence-electron chi connectivity index (χ0n) is 16.7. The van der Waals surface area contributed by atoms with E-state index in [2.05, 4.69) is 57.4 Å². The molecule has 0 bridgehead atoms. The van der Waals surface area contributed by atoms with E-state index in [0.717, 1.165) is 24.4 Å². The van der Waals surface area contributed by atoms with Crippen LogP contribution >= 0.6 is 12.2 Å². The zero-order chi connectivity index (χ0) is 18.4. The van der Waals surface area contributed by atoms with Crippen LogP contribution in [0.1, 0.15) is 77.0 Å². The Kier molecular flexibility index (Phi) is 7.74. The van der Waals surface area contributed by atoms with Crippen LogP contribution in [-0.4, -0.2) is 11.2 Å². The summed E-state index contributed by atoms with van der Waals surface area (Å²) in [5.41, 5.74) is 5.46. The largest absolute Gasteiger partial charge is 0.359 e. The molecule has 1 aromatic carbocycles. The van der Waals surface area contributed by atoms with Gasteiger partial charge in [0, 0.05) is 11.7 Å². The van der Waals surface area contributed by atoms with Crippen molar-refractivity contribution >= 4 is 23.0 Å². The number of hydrogen-bond donors (Lipinski definition) is 2. The third kappa shape index (κ3) is 5.70. The van der Waals surface area contributed by atoms with Gasteiger partial charge < -0.3 is 10.6 Å². The highest BCUT2D eigenvalue weighted by atomic mass is 32.1. The molecule has 2 nitrogen and oxygen atoms in total. The molecule has 0 saturated heterocycles. The highest BCUT2D eigenvalue weighted by Crippen LogP contribution is 2.27. The first kappa shape index (κ1) is 20.2. The van der Waals surface area contributed by atoms with Gasteiger partial charge in [0.25, 0.3) is 0 Å². The summed E-state index contributed by atoms with van der Waals surface area (Å²) in [4.78, 5) is 0. The Morgan fingerprint density at radius 3 is 2.24 bits per heavy atom. The summed E-state index contributed by atoms with van der Waals surface area (Å²) in [6.45, 7) is 11.4. The second kappa shape index (κ2) is 9.56. The summed E-state index contributed by atoms with van der Waals surface area (Å²) in [5.74, 6) is 1.39. The van der Waals surface area contributed by atoms with Gasteiger partial charge in [0.05, 0.1) is 0 Å². The predicted molar refractivity (Wildman–Crippen MR) is 115 cm³/mol. The number of nitrogens with one attached hydrogen (secondary N) is 2. The minimum atomic E-state index is 0.518. The molecular weight excluding hydrogens is 324 g/mol. The van der Waals surface area contributed by atoms with Crippen molar-refractivity contribution in [2.75, 3.05) is 5.32 Å². The molecule has 1 aliphatic carbocycles. The SMILES string of the molecule is CCc1cc(CC(C)C)cc(CC)c1NC(=S)NC1CCCCC1C. The van der Waals surface area contributed by atoms with Crippen molar-refractivity contribution in [2.24, 2.45) is 11.8 Å². The first-order chi connectivity index (χ1) is 11.9. The van der Waals surface area contributed by atoms with Crippen LogP contribution in [0.15, 0.2) is 12.1 Å². The van der Waals surface area contributed by atoms with Gasteiger partial charge in [-0.1, -0.05) is 59.6 Å². The molecule has 1 aromatic rings. The maximum atomic E-state index is 5.67. The topological polar surface area (TPSA) is 24.1 Å². The molecule has 2 rings (SSSR count). The second-order valence-electron chi connectivity index (χ2n) is 8.06. The minimum absolute atomic E-state index is 0.518. The number of benzene rings is 1. The Bertz CT molecular complexity index is 554. The van der Waals surface area contributed by atoms with E-state index in [1.807, 2.05) is 0 Å². The first-order valence-corrected chi connectivity index (χ1v) is 10.6. The molecule has 140 valence electrons. The number of hydrogen-bond acceptors (Lipinski definition) is 1. The van der Waals surface area contributed by atoms with Gasteiger partial charge in [0.2, 0.25) is 0 Å². The molecule has 3 heteroatoms. The quantitative estimate of drug-likeness (QED) is 0.620. The monoisotopic (exact) mass is 360 g/mol. The van der Waals surface area contributed by atoms with Crippen LogP contribution < -0.4 is 10.6 Å². The van der Waals surface area contributed by atoms with Crippen LogP contribution in [0, 0.1) is 11.8 Å². The van der Waals surface area contributed by atoms with Crippen molar-refractivity contribution in [3.63, 3.8) is 0 Å².